The maximum Gasteiger partial charge on any atom is 0.122 e. The van der Waals surface area contributed by atoms with Gasteiger partial charge in [0.15, 0.2) is 0 Å². The number of nitrogens with zero attached hydrogens (tertiary/aromatic N) is 1. The molecule has 1 aromatic heterocycles. The Kier molecular flexibility index (Phi) is 5.26. The molecular formula is C16H23NO. The molecule has 0 spiro atoms. The number of allylic oxidation sites excluding steroid dienone is 2. The molecule has 0 aliphatic rings. The molecule has 0 aliphatic carbocycles. The zero-order valence-electron chi connectivity index (χ0n) is 11.8. The van der Waals surface area contributed by atoms with Crippen LogP contribution >= 0.6 is 0 Å². The van der Waals surface area contributed by atoms with E-state index in [2.05, 4.69) is 37.9 Å². The molecule has 0 aliphatic heterocycles. The Bertz CT molecular complexity index is 406. The minimum absolute atomic E-state index is 0.0220. The molecule has 0 amide bonds. The fourth-order valence-electron chi connectivity index (χ4n) is 2.23. The largest absolute Gasteiger partial charge is 0.303 e. The highest BCUT2D eigenvalue weighted by Crippen LogP contribution is 2.34. The molecule has 0 saturated carbocycles. The Labute approximate surface area is 110 Å². The first-order valence-electron chi connectivity index (χ1n) is 6.47. The van der Waals surface area contributed by atoms with Crippen molar-refractivity contribution in [3.05, 3.63) is 41.7 Å². The molecule has 1 aromatic rings. The highest BCUT2D eigenvalue weighted by molar-refractivity contribution is 5.53. The average molecular weight is 245 g/mol. The van der Waals surface area contributed by atoms with Crippen molar-refractivity contribution >= 4 is 6.29 Å². The molecule has 0 N–H and O–H groups in total. The van der Waals surface area contributed by atoms with Gasteiger partial charge in [-0.25, -0.2) is 0 Å². The monoisotopic (exact) mass is 245 g/mol. The molecule has 0 saturated heterocycles. The molecule has 0 fully saturated rings. The van der Waals surface area contributed by atoms with Crippen molar-refractivity contribution in [2.24, 2.45) is 5.92 Å². The van der Waals surface area contributed by atoms with E-state index in [1.54, 1.807) is 6.20 Å². The SMILES string of the molecule is CC(C)=CCC(C)(CC(C)C=O)c1cccnc1. The fourth-order valence-corrected chi connectivity index (χ4v) is 2.23. The number of rotatable bonds is 6. The fraction of sp³-hybridized carbons (Fsp3) is 0.500. The van der Waals surface area contributed by atoms with E-state index < -0.39 is 0 Å². The summed E-state index contributed by atoms with van der Waals surface area (Å²) in [7, 11) is 0. The van der Waals surface area contributed by atoms with Crippen LogP contribution in [0.25, 0.3) is 0 Å². The molecule has 2 nitrogen and oxygen atoms in total. The lowest BCUT2D eigenvalue weighted by Gasteiger charge is -2.30. The van der Waals surface area contributed by atoms with Gasteiger partial charge in [-0.05, 0) is 43.7 Å². The molecule has 98 valence electrons. The third kappa shape index (κ3) is 4.10. The van der Waals surface area contributed by atoms with Crippen LogP contribution in [0.1, 0.15) is 46.1 Å². The third-order valence-corrected chi connectivity index (χ3v) is 3.32. The van der Waals surface area contributed by atoms with Gasteiger partial charge in [0.25, 0.3) is 0 Å². The third-order valence-electron chi connectivity index (χ3n) is 3.32. The van der Waals surface area contributed by atoms with E-state index in [0.29, 0.717) is 0 Å². The molecule has 2 atom stereocenters. The average Bonchev–Trinajstić information content (AvgIpc) is 2.37. The van der Waals surface area contributed by atoms with Crippen LogP contribution in [-0.4, -0.2) is 11.3 Å². The van der Waals surface area contributed by atoms with E-state index >= 15 is 0 Å². The van der Waals surface area contributed by atoms with Crippen LogP contribution in [0.3, 0.4) is 0 Å². The van der Waals surface area contributed by atoms with E-state index in [1.807, 2.05) is 19.2 Å². The molecular weight excluding hydrogens is 222 g/mol. The Morgan fingerprint density at radius 1 is 1.50 bits per heavy atom. The number of carbonyl (C=O) groups is 1. The summed E-state index contributed by atoms with van der Waals surface area (Å²) < 4.78 is 0. The van der Waals surface area contributed by atoms with Gasteiger partial charge in [-0.2, -0.15) is 0 Å². The zero-order chi connectivity index (χ0) is 13.6. The quantitative estimate of drug-likeness (QED) is 0.561. The second-order valence-electron chi connectivity index (χ2n) is 5.61. The van der Waals surface area contributed by atoms with Gasteiger partial charge in [0, 0.05) is 18.3 Å². The number of pyridine rings is 1. The summed E-state index contributed by atoms with van der Waals surface area (Å²) in [5.74, 6) is 0.0702. The summed E-state index contributed by atoms with van der Waals surface area (Å²) in [5.41, 5.74) is 2.49. The van der Waals surface area contributed by atoms with E-state index in [0.717, 1.165) is 19.1 Å². The van der Waals surface area contributed by atoms with Crippen molar-refractivity contribution in [2.75, 3.05) is 0 Å². The standard InChI is InChI=1S/C16H23NO/c1-13(2)7-8-16(4,10-14(3)12-18)15-6-5-9-17-11-15/h5-7,9,11-12,14H,8,10H2,1-4H3. The number of hydrogen-bond donors (Lipinski definition) is 0. The molecule has 1 rings (SSSR count). The van der Waals surface area contributed by atoms with Crippen LogP contribution in [-0.2, 0) is 10.2 Å². The normalized spacial score (nSPS) is 15.6. The van der Waals surface area contributed by atoms with Crippen LogP contribution < -0.4 is 0 Å². The van der Waals surface area contributed by atoms with E-state index in [1.165, 1.54) is 11.1 Å². The van der Waals surface area contributed by atoms with Crippen LogP contribution in [0.2, 0.25) is 0 Å². The van der Waals surface area contributed by atoms with Gasteiger partial charge >= 0.3 is 0 Å². The van der Waals surface area contributed by atoms with Gasteiger partial charge < -0.3 is 4.79 Å². The van der Waals surface area contributed by atoms with Crippen molar-refractivity contribution in [3.63, 3.8) is 0 Å². The Hall–Kier alpha value is -1.44. The molecule has 0 bridgehead atoms. The van der Waals surface area contributed by atoms with Crippen molar-refractivity contribution in [1.82, 2.24) is 4.98 Å². The first kappa shape index (κ1) is 14.6. The predicted molar refractivity (Wildman–Crippen MR) is 75.5 cm³/mol. The summed E-state index contributed by atoms with van der Waals surface area (Å²) in [6, 6.07) is 4.06. The molecule has 0 radical (unpaired) electrons. The highest BCUT2D eigenvalue weighted by Gasteiger charge is 2.27. The lowest BCUT2D eigenvalue weighted by atomic mass is 9.74. The number of hydrogen-bond acceptors (Lipinski definition) is 2. The molecule has 2 unspecified atom stereocenters. The van der Waals surface area contributed by atoms with Crippen molar-refractivity contribution in [1.29, 1.82) is 0 Å². The highest BCUT2D eigenvalue weighted by atomic mass is 16.1. The van der Waals surface area contributed by atoms with Crippen LogP contribution in [0.15, 0.2) is 36.2 Å². The van der Waals surface area contributed by atoms with Gasteiger partial charge in [-0.1, -0.05) is 31.6 Å². The smallest absolute Gasteiger partial charge is 0.122 e. The Morgan fingerprint density at radius 3 is 2.72 bits per heavy atom. The summed E-state index contributed by atoms with van der Waals surface area (Å²) in [4.78, 5) is 15.1. The minimum Gasteiger partial charge on any atom is -0.303 e. The lowest BCUT2D eigenvalue weighted by molar-refractivity contribution is -0.111. The maximum atomic E-state index is 10.9. The summed E-state index contributed by atoms with van der Waals surface area (Å²) >= 11 is 0. The summed E-state index contributed by atoms with van der Waals surface area (Å²) in [6.45, 7) is 8.40. The maximum absolute atomic E-state index is 10.9. The van der Waals surface area contributed by atoms with Gasteiger partial charge in [0.1, 0.15) is 6.29 Å². The Morgan fingerprint density at radius 2 is 2.22 bits per heavy atom. The van der Waals surface area contributed by atoms with Gasteiger partial charge in [0.2, 0.25) is 0 Å². The summed E-state index contributed by atoms with van der Waals surface area (Å²) in [5, 5.41) is 0. The lowest BCUT2D eigenvalue weighted by Crippen LogP contribution is -2.25. The molecule has 1 heterocycles. The second-order valence-corrected chi connectivity index (χ2v) is 5.61. The minimum atomic E-state index is -0.0220. The van der Waals surface area contributed by atoms with Crippen LogP contribution in [0.4, 0.5) is 0 Å². The molecule has 2 heteroatoms. The Balaban J connectivity index is 3.00. The van der Waals surface area contributed by atoms with Gasteiger partial charge in [0.05, 0.1) is 0 Å². The topological polar surface area (TPSA) is 30.0 Å². The molecule has 0 aromatic carbocycles. The first-order chi connectivity index (χ1) is 8.48. The number of carbonyl (C=O) groups excluding carboxylic acids is 1. The molecule has 18 heavy (non-hydrogen) atoms. The van der Waals surface area contributed by atoms with Gasteiger partial charge in [-0.15, -0.1) is 0 Å². The number of aromatic nitrogens is 1. The first-order valence-corrected chi connectivity index (χ1v) is 6.47. The van der Waals surface area contributed by atoms with E-state index in [4.69, 9.17) is 0 Å². The van der Waals surface area contributed by atoms with Crippen molar-refractivity contribution < 1.29 is 4.79 Å². The zero-order valence-corrected chi connectivity index (χ0v) is 11.8. The van der Waals surface area contributed by atoms with Gasteiger partial charge in [-0.3, -0.25) is 4.98 Å². The summed E-state index contributed by atoms with van der Waals surface area (Å²) in [6.07, 6.45) is 8.77. The second kappa shape index (κ2) is 6.48. The van der Waals surface area contributed by atoms with E-state index in [-0.39, 0.29) is 11.3 Å². The number of aldehydes is 1. The van der Waals surface area contributed by atoms with E-state index in [9.17, 15) is 4.79 Å². The van der Waals surface area contributed by atoms with Crippen LogP contribution in [0.5, 0.6) is 0 Å². The predicted octanol–water partition coefficient (Wildman–Crippen LogP) is 3.92. The van der Waals surface area contributed by atoms with Crippen molar-refractivity contribution in [2.45, 2.75) is 46.0 Å². The van der Waals surface area contributed by atoms with Crippen molar-refractivity contribution in [3.8, 4) is 0 Å². The van der Waals surface area contributed by atoms with Crippen LogP contribution in [0, 0.1) is 5.92 Å².